The van der Waals surface area contributed by atoms with Crippen molar-refractivity contribution in [2.75, 3.05) is 32.0 Å². The van der Waals surface area contributed by atoms with Crippen LogP contribution in [0.3, 0.4) is 0 Å². The number of para-hydroxylation sites is 1. The van der Waals surface area contributed by atoms with Crippen molar-refractivity contribution in [2.45, 2.75) is 18.9 Å². The van der Waals surface area contributed by atoms with E-state index in [0.717, 1.165) is 11.3 Å². The summed E-state index contributed by atoms with van der Waals surface area (Å²) in [7, 11) is 0. The zero-order chi connectivity index (χ0) is 13.7. The number of nitrogens with two attached hydrogens (primary N) is 1. The number of benzene rings is 1. The summed E-state index contributed by atoms with van der Waals surface area (Å²) >= 11 is 0. The summed E-state index contributed by atoms with van der Waals surface area (Å²) in [5.74, 6) is 0.0880. The maximum absolute atomic E-state index is 12.1. The summed E-state index contributed by atoms with van der Waals surface area (Å²) in [6, 6.07) is 7.59. The molecule has 0 radical (unpaired) electrons. The second-order valence-corrected chi connectivity index (χ2v) is 4.71. The average molecular weight is 301 g/mol. The van der Waals surface area contributed by atoms with E-state index in [1.165, 1.54) is 0 Å². The first-order valence-electron chi connectivity index (χ1n) is 6.54. The molecule has 3 N–H and O–H groups in total. The number of rotatable bonds is 4. The van der Waals surface area contributed by atoms with Crippen molar-refractivity contribution in [3.63, 3.8) is 0 Å². The van der Waals surface area contributed by atoms with Gasteiger partial charge in [-0.15, -0.1) is 12.4 Å². The fraction of sp³-hybridized carbons (Fsp3) is 0.500. The Morgan fingerprint density at radius 2 is 2.20 bits per heavy atom. The van der Waals surface area contributed by atoms with Crippen LogP contribution in [0.4, 0.5) is 5.69 Å². The van der Waals surface area contributed by atoms with Gasteiger partial charge in [-0.25, -0.2) is 0 Å². The van der Waals surface area contributed by atoms with Crippen LogP contribution in [0.15, 0.2) is 24.3 Å². The number of carbonyl (C=O) groups is 1. The quantitative estimate of drug-likeness (QED) is 0.808. The van der Waals surface area contributed by atoms with Gasteiger partial charge in [0.2, 0.25) is 5.91 Å². The SMILES string of the molecule is Cl.Nc1ccccc1CCC(=O)N1CCOC(CO)C1. The monoisotopic (exact) mass is 300 g/mol. The topological polar surface area (TPSA) is 75.8 Å². The lowest BCUT2D eigenvalue weighted by Crippen LogP contribution is -2.46. The molecular weight excluding hydrogens is 280 g/mol. The van der Waals surface area contributed by atoms with E-state index in [0.29, 0.717) is 32.5 Å². The number of aliphatic hydroxyl groups excluding tert-OH is 1. The molecule has 1 aromatic rings. The van der Waals surface area contributed by atoms with Gasteiger partial charge in [0.1, 0.15) is 0 Å². The molecule has 0 bridgehead atoms. The van der Waals surface area contributed by atoms with E-state index in [1.54, 1.807) is 4.90 Å². The number of anilines is 1. The number of hydrogen-bond acceptors (Lipinski definition) is 4. The Hall–Kier alpha value is -1.30. The lowest BCUT2D eigenvalue weighted by molar-refractivity contribution is -0.140. The van der Waals surface area contributed by atoms with E-state index in [-0.39, 0.29) is 31.0 Å². The Labute approximate surface area is 125 Å². The Morgan fingerprint density at radius 1 is 1.45 bits per heavy atom. The Balaban J connectivity index is 0.00000200. The second-order valence-electron chi connectivity index (χ2n) is 4.71. The van der Waals surface area contributed by atoms with Gasteiger partial charge in [0, 0.05) is 25.2 Å². The van der Waals surface area contributed by atoms with Gasteiger partial charge in [0.05, 0.1) is 19.3 Å². The van der Waals surface area contributed by atoms with Gasteiger partial charge in [-0.1, -0.05) is 18.2 Å². The lowest BCUT2D eigenvalue weighted by Gasteiger charge is -2.32. The van der Waals surface area contributed by atoms with Crippen molar-refractivity contribution < 1.29 is 14.6 Å². The largest absolute Gasteiger partial charge is 0.399 e. The molecule has 1 aliphatic heterocycles. The predicted octanol–water partition coefficient (Wildman–Crippen LogP) is 0.843. The number of morpholine rings is 1. The molecule has 1 fully saturated rings. The van der Waals surface area contributed by atoms with Gasteiger partial charge in [-0.2, -0.15) is 0 Å². The van der Waals surface area contributed by atoms with Crippen molar-refractivity contribution in [1.29, 1.82) is 0 Å². The van der Waals surface area contributed by atoms with Crippen molar-refractivity contribution in [3.05, 3.63) is 29.8 Å². The van der Waals surface area contributed by atoms with Gasteiger partial charge in [0.15, 0.2) is 0 Å². The molecule has 1 heterocycles. The molecule has 0 aromatic heterocycles. The minimum absolute atomic E-state index is 0. The molecule has 0 aliphatic carbocycles. The molecule has 1 atom stereocenters. The van der Waals surface area contributed by atoms with Crippen LogP contribution in [0.25, 0.3) is 0 Å². The molecule has 6 heteroatoms. The lowest BCUT2D eigenvalue weighted by atomic mass is 10.1. The fourth-order valence-electron chi connectivity index (χ4n) is 2.22. The van der Waals surface area contributed by atoms with Gasteiger partial charge in [-0.05, 0) is 18.1 Å². The van der Waals surface area contributed by atoms with Gasteiger partial charge >= 0.3 is 0 Å². The fourth-order valence-corrected chi connectivity index (χ4v) is 2.22. The third kappa shape index (κ3) is 4.37. The van der Waals surface area contributed by atoms with Crippen LogP contribution >= 0.6 is 12.4 Å². The average Bonchev–Trinajstić information content (AvgIpc) is 2.46. The molecular formula is C14H21ClN2O3. The highest BCUT2D eigenvalue weighted by Crippen LogP contribution is 2.14. The molecule has 1 aromatic carbocycles. The number of nitrogens with zero attached hydrogens (tertiary/aromatic N) is 1. The number of hydrogen-bond donors (Lipinski definition) is 2. The van der Waals surface area contributed by atoms with Crippen LogP contribution in [0.2, 0.25) is 0 Å². The summed E-state index contributed by atoms with van der Waals surface area (Å²) in [6.07, 6.45) is 0.832. The third-order valence-corrected chi connectivity index (χ3v) is 3.36. The predicted molar refractivity (Wildman–Crippen MR) is 79.8 cm³/mol. The zero-order valence-corrected chi connectivity index (χ0v) is 12.1. The van der Waals surface area contributed by atoms with E-state index in [1.807, 2.05) is 24.3 Å². The highest BCUT2D eigenvalue weighted by Gasteiger charge is 2.23. The molecule has 1 unspecified atom stereocenters. The van der Waals surface area contributed by atoms with Gasteiger partial charge in [0.25, 0.3) is 0 Å². The van der Waals surface area contributed by atoms with Crippen LogP contribution in [0.5, 0.6) is 0 Å². The molecule has 112 valence electrons. The summed E-state index contributed by atoms with van der Waals surface area (Å²) in [4.78, 5) is 13.8. The van der Waals surface area contributed by atoms with Crippen molar-refractivity contribution >= 4 is 24.0 Å². The summed E-state index contributed by atoms with van der Waals surface area (Å²) in [5, 5.41) is 9.06. The smallest absolute Gasteiger partial charge is 0.223 e. The number of nitrogen functional groups attached to an aromatic ring is 1. The molecule has 0 spiro atoms. The molecule has 0 saturated carbocycles. The highest BCUT2D eigenvalue weighted by atomic mass is 35.5. The standard InChI is InChI=1S/C14H20N2O3.ClH/c15-13-4-2-1-3-11(13)5-6-14(18)16-7-8-19-12(9-16)10-17;/h1-4,12,17H,5-10,15H2;1H. The number of carbonyl (C=O) groups excluding carboxylic acids is 1. The minimum atomic E-state index is -0.250. The Morgan fingerprint density at radius 3 is 2.90 bits per heavy atom. The van der Waals surface area contributed by atoms with Gasteiger partial charge < -0.3 is 20.5 Å². The van der Waals surface area contributed by atoms with Gasteiger partial charge in [-0.3, -0.25) is 4.79 Å². The Bertz CT molecular complexity index is 442. The Kier molecular flexibility index (Phi) is 6.78. The van der Waals surface area contributed by atoms with Crippen molar-refractivity contribution in [2.24, 2.45) is 0 Å². The summed E-state index contributed by atoms with van der Waals surface area (Å²) < 4.78 is 5.33. The van der Waals surface area contributed by atoms with E-state index in [4.69, 9.17) is 15.6 Å². The van der Waals surface area contributed by atoms with E-state index < -0.39 is 0 Å². The van der Waals surface area contributed by atoms with Crippen LogP contribution in [0, 0.1) is 0 Å². The molecule has 20 heavy (non-hydrogen) atoms. The molecule has 1 aliphatic rings. The van der Waals surface area contributed by atoms with Crippen molar-refractivity contribution in [1.82, 2.24) is 4.90 Å². The molecule has 5 nitrogen and oxygen atoms in total. The van der Waals surface area contributed by atoms with Crippen LogP contribution in [-0.2, 0) is 16.0 Å². The van der Waals surface area contributed by atoms with Crippen LogP contribution < -0.4 is 5.73 Å². The first kappa shape index (κ1) is 16.8. The first-order valence-corrected chi connectivity index (χ1v) is 6.54. The number of halogens is 1. The minimum Gasteiger partial charge on any atom is -0.399 e. The zero-order valence-electron chi connectivity index (χ0n) is 11.3. The molecule has 1 amide bonds. The number of ether oxygens (including phenoxy) is 1. The summed E-state index contributed by atoms with van der Waals surface area (Å²) in [6.45, 7) is 1.51. The third-order valence-electron chi connectivity index (χ3n) is 3.36. The molecule has 1 saturated heterocycles. The number of aliphatic hydroxyl groups is 1. The normalized spacial score (nSPS) is 18.4. The second kappa shape index (κ2) is 8.09. The van der Waals surface area contributed by atoms with Crippen LogP contribution in [0.1, 0.15) is 12.0 Å². The van der Waals surface area contributed by atoms with Crippen LogP contribution in [-0.4, -0.2) is 48.3 Å². The van der Waals surface area contributed by atoms with Crippen molar-refractivity contribution in [3.8, 4) is 0 Å². The molecule has 2 rings (SSSR count). The first-order chi connectivity index (χ1) is 9.20. The maximum atomic E-state index is 12.1. The number of amides is 1. The van der Waals surface area contributed by atoms with E-state index in [9.17, 15) is 4.79 Å². The van der Waals surface area contributed by atoms with E-state index in [2.05, 4.69) is 0 Å². The maximum Gasteiger partial charge on any atom is 0.223 e. The van der Waals surface area contributed by atoms with E-state index >= 15 is 0 Å². The number of aryl methyl sites for hydroxylation is 1. The highest BCUT2D eigenvalue weighted by molar-refractivity contribution is 5.85. The summed E-state index contributed by atoms with van der Waals surface area (Å²) in [5.41, 5.74) is 7.58.